The third-order valence-corrected chi connectivity index (χ3v) is 5.13. The van der Waals surface area contributed by atoms with Crippen molar-refractivity contribution in [2.45, 2.75) is 24.7 Å². The standard InChI is InChI=1S/C16H17N3O3S/c1-2-19-14-8-7-13(11-12(14)6-9-16(19)20)23(21,22)18-15-5-3-4-10-17-15/h3-5,7-8,10-11H,2,6,9H2,1H3,(H,17,18). The fourth-order valence-electron chi connectivity index (χ4n) is 2.67. The van der Waals surface area contributed by atoms with Crippen molar-refractivity contribution in [3.63, 3.8) is 0 Å². The van der Waals surface area contributed by atoms with Crippen molar-refractivity contribution in [3.05, 3.63) is 48.2 Å². The number of sulfonamides is 1. The zero-order chi connectivity index (χ0) is 16.4. The predicted molar refractivity (Wildman–Crippen MR) is 87.8 cm³/mol. The van der Waals surface area contributed by atoms with E-state index >= 15 is 0 Å². The Labute approximate surface area is 135 Å². The predicted octanol–water partition coefficient (Wildman–Crippen LogP) is 2.18. The van der Waals surface area contributed by atoms with Gasteiger partial charge in [0.05, 0.1) is 4.90 Å². The molecule has 1 amide bonds. The summed E-state index contributed by atoms with van der Waals surface area (Å²) in [6.45, 7) is 2.48. The van der Waals surface area contributed by atoms with Crippen molar-refractivity contribution < 1.29 is 13.2 Å². The first kappa shape index (κ1) is 15.5. The van der Waals surface area contributed by atoms with Gasteiger partial charge in [0, 0.05) is 24.8 Å². The zero-order valence-electron chi connectivity index (χ0n) is 12.7. The van der Waals surface area contributed by atoms with Gasteiger partial charge >= 0.3 is 0 Å². The topological polar surface area (TPSA) is 79.4 Å². The molecule has 0 spiro atoms. The number of aromatic nitrogens is 1. The van der Waals surface area contributed by atoms with Crippen LogP contribution in [0.4, 0.5) is 11.5 Å². The Balaban J connectivity index is 1.94. The van der Waals surface area contributed by atoms with E-state index in [4.69, 9.17) is 0 Å². The van der Waals surface area contributed by atoms with Crippen LogP contribution in [0.3, 0.4) is 0 Å². The van der Waals surface area contributed by atoms with E-state index < -0.39 is 10.0 Å². The third kappa shape index (κ3) is 3.05. The van der Waals surface area contributed by atoms with Crippen LogP contribution in [0, 0.1) is 0 Å². The number of aryl methyl sites for hydroxylation is 1. The summed E-state index contributed by atoms with van der Waals surface area (Å²) in [7, 11) is -3.70. The second kappa shape index (κ2) is 6.00. The number of hydrogen-bond donors (Lipinski definition) is 1. The summed E-state index contributed by atoms with van der Waals surface area (Å²) in [6, 6.07) is 9.87. The van der Waals surface area contributed by atoms with Gasteiger partial charge in [0.2, 0.25) is 5.91 Å². The number of hydrogen-bond acceptors (Lipinski definition) is 4. The van der Waals surface area contributed by atoms with Crippen molar-refractivity contribution >= 4 is 27.4 Å². The first-order chi connectivity index (χ1) is 11.0. The molecule has 3 rings (SSSR count). The molecule has 1 aromatic carbocycles. The van der Waals surface area contributed by atoms with Crippen molar-refractivity contribution in [2.75, 3.05) is 16.2 Å². The summed E-state index contributed by atoms with van der Waals surface area (Å²) in [5.74, 6) is 0.345. The Morgan fingerprint density at radius 1 is 1.22 bits per heavy atom. The summed E-state index contributed by atoms with van der Waals surface area (Å²) >= 11 is 0. The minimum Gasteiger partial charge on any atom is -0.312 e. The Bertz CT molecular complexity index is 835. The van der Waals surface area contributed by atoms with Gasteiger partial charge in [0.1, 0.15) is 5.82 Å². The monoisotopic (exact) mass is 331 g/mol. The second-order valence-corrected chi connectivity index (χ2v) is 6.93. The van der Waals surface area contributed by atoms with E-state index in [0.29, 0.717) is 19.4 Å². The number of nitrogens with one attached hydrogen (secondary N) is 1. The molecular weight excluding hydrogens is 314 g/mol. The van der Waals surface area contributed by atoms with Crippen LogP contribution < -0.4 is 9.62 Å². The molecule has 0 bridgehead atoms. The van der Waals surface area contributed by atoms with Crippen molar-refractivity contribution in [1.29, 1.82) is 0 Å². The van der Waals surface area contributed by atoms with E-state index in [1.807, 2.05) is 6.92 Å². The van der Waals surface area contributed by atoms with Crippen LogP contribution in [0.25, 0.3) is 0 Å². The fraction of sp³-hybridized carbons (Fsp3) is 0.250. The van der Waals surface area contributed by atoms with E-state index in [9.17, 15) is 13.2 Å². The number of nitrogens with zero attached hydrogens (tertiary/aromatic N) is 2. The smallest absolute Gasteiger partial charge is 0.263 e. The summed E-state index contributed by atoms with van der Waals surface area (Å²) in [5, 5.41) is 0. The van der Waals surface area contributed by atoms with Crippen LogP contribution >= 0.6 is 0 Å². The van der Waals surface area contributed by atoms with Gasteiger partial charge in [-0.2, -0.15) is 0 Å². The normalized spacial score (nSPS) is 14.5. The maximum Gasteiger partial charge on any atom is 0.263 e. The molecule has 2 heterocycles. The molecule has 120 valence electrons. The number of benzene rings is 1. The molecule has 23 heavy (non-hydrogen) atoms. The Hall–Kier alpha value is -2.41. The molecule has 0 unspecified atom stereocenters. The van der Waals surface area contributed by atoms with Crippen LogP contribution in [0.1, 0.15) is 18.9 Å². The third-order valence-electron chi connectivity index (χ3n) is 3.78. The molecule has 1 aliphatic rings. The molecule has 1 N–H and O–H groups in total. The van der Waals surface area contributed by atoms with Crippen LogP contribution in [-0.4, -0.2) is 25.9 Å². The largest absolute Gasteiger partial charge is 0.312 e. The highest BCUT2D eigenvalue weighted by Crippen LogP contribution is 2.30. The second-order valence-electron chi connectivity index (χ2n) is 5.25. The summed E-state index contributed by atoms with van der Waals surface area (Å²) in [6.07, 6.45) is 2.48. The molecule has 1 aromatic heterocycles. The van der Waals surface area contributed by atoms with Crippen LogP contribution in [0.2, 0.25) is 0 Å². The summed E-state index contributed by atoms with van der Waals surface area (Å²) in [4.78, 5) is 17.7. The number of carbonyl (C=O) groups excluding carboxylic acids is 1. The van der Waals surface area contributed by atoms with E-state index in [1.54, 1.807) is 35.2 Å². The minimum absolute atomic E-state index is 0.0715. The Morgan fingerprint density at radius 3 is 2.74 bits per heavy atom. The van der Waals surface area contributed by atoms with Gasteiger partial charge in [-0.1, -0.05) is 6.07 Å². The highest BCUT2D eigenvalue weighted by atomic mass is 32.2. The van der Waals surface area contributed by atoms with Crippen LogP contribution in [0.15, 0.2) is 47.5 Å². The molecular formula is C16H17N3O3S. The van der Waals surface area contributed by atoms with E-state index in [2.05, 4.69) is 9.71 Å². The van der Waals surface area contributed by atoms with Crippen molar-refractivity contribution in [1.82, 2.24) is 4.98 Å². The molecule has 0 fully saturated rings. The number of fused-ring (bicyclic) bond motifs is 1. The van der Waals surface area contributed by atoms with E-state index in [1.165, 1.54) is 12.3 Å². The molecule has 0 radical (unpaired) electrons. The number of carbonyl (C=O) groups is 1. The lowest BCUT2D eigenvalue weighted by molar-refractivity contribution is -0.118. The molecule has 1 aliphatic heterocycles. The lowest BCUT2D eigenvalue weighted by Gasteiger charge is -2.28. The van der Waals surface area contributed by atoms with Crippen LogP contribution in [-0.2, 0) is 21.2 Å². The van der Waals surface area contributed by atoms with Gasteiger partial charge < -0.3 is 4.90 Å². The Morgan fingerprint density at radius 2 is 2.04 bits per heavy atom. The quantitative estimate of drug-likeness (QED) is 0.931. The molecule has 0 saturated carbocycles. The van der Waals surface area contributed by atoms with E-state index in [-0.39, 0.29) is 16.6 Å². The fourth-order valence-corrected chi connectivity index (χ4v) is 3.73. The van der Waals surface area contributed by atoms with E-state index in [0.717, 1.165) is 11.3 Å². The van der Waals surface area contributed by atoms with Gasteiger partial charge in [0.25, 0.3) is 10.0 Å². The molecule has 2 aromatic rings. The summed E-state index contributed by atoms with van der Waals surface area (Å²) in [5.41, 5.74) is 1.66. The van der Waals surface area contributed by atoms with Gasteiger partial charge in [0.15, 0.2) is 0 Å². The van der Waals surface area contributed by atoms with Gasteiger partial charge in [-0.25, -0.2) is 13.4 Å². The van der Waals surface area contributed by atoms with Crippen LogP contribution in [0.5, 0.6) is 0 Å². The summed E-state index contributed by atoms with van der Waals surface area (Å²) < 4.78 is 27.4. The molecule has 0 atom stereocenters. The van der Waals surface area contributed by atoms with Gasteiger partial charge in [-0.15, -0.1) is 0 Å². The maximum absolute atomic E-state index is 12.5. The zero-order valence-corrected chi connectivity index (χ0v) is 13.5. The number of anilines is 2. The Kier molecular flexibility index (Phi) is 4.04. The lowest BCUT2D eigenvalue weighted by Crippen LogP contribution is -2.34. The SMILES string of the molecule is CCN1C(=O)CCc2cc(S(=O)(=O)Nc3ccccn3)ccc21. The van der Waals surface area contributed by atoms with Gasteiger partial charge in [-0.05, 0) is 49.2 Å². The average molecular weight is 331 g/mol. The highest BCUT2D eigenvalue weighted by Gasteiger charge is 2.25. The molecule has 7 heteroatoms. The first-order valence-electron chi connectivity index (χ1n) is 7.38. The minimum atomic E-state index is -3.70. The number of rotatable bonds is 4. The van der Waals surface area contributed by atoms with Gasteiger partial charge in [-0.3, -0.25) is 9.52 Å². The lowest BCUT2D eigenvalue weighted by atomic mass is 10.0. The van der Waals surface area contributed by atoms with Crippen molar-refractivity contribution in [3.8, 4) is 0 Å². The number of pyridine rings is 1. The number of amides is 1. The first-order valence-corrected chi connectivity index (χ1v) is 8.87. The molecule has 0 saturated heterocycles. The molecule has 0 aliphatic carbocycles. The average Bonchev–Trinajstić information content (AvgIpc) is 2.55. The molecule has 6 nitrogen and oxygen atoms in total. The van der Waals surface area contributed by atoms with Crippen molar-refractivity contribution in [2.24, 2.45) is 0 Å². The maximum atomic E-state index is 12.5. The highest BCUT2D eigenvalue weighted by molar-refractivity contribution is 7.92.